The fraction of sp³-hybridized carbons (Fsp3) is 0.0769. The van der Waals surface area contributed by atoms with Gasteiger partial charge in [-0.2, -0.15) is 5.10 Å². The van der Waals surface area contributed by atoms with Crippen molar-refractivity contribution >= 4 is 11.0 Å². The number of hydrogen-bond donors (Lipinski definition) is 0. The summed E-state index contributed by atoms with van der Waals surface area (Å²) in [4.78, 5) is 4.44. The largest absolute Gasteiger partial charge is 0.250 e. The van der Waals surface area contributed by atoms with Gasteiger partial charge in [0.25, 0.3) is 0 Å². The Labute approximate surface area is 93.4 Å². The predicted molar refractivity (Wildman–Crippen MR) is 63.6 cm³/mol. The lowest BCUT2D eigenvalue weighted by Gasteiger charge is -1.97. The Hall–Kier alpha value is -2.16. The second kappa shape index (κ2) is 3.45. The van der Waals surface area contributed by atoms with E-state index in [1.165, 1.54) is 0 Å². The van der Waals surface area contributed by atoms with Crippen LogP contribution in [0.1, 0.15) is 5.69 Å². The summed E-state index contributed by atoms with van der Waals surface area (Å²) in [5, 5.41) is 4.48. The molecule has 0 spiro atoms. The van der Waals surface area contributed by atoms with Gasteiger partial charge in [0.1, 0.15) is 11.0 Å². The molecule has 0 radical (unpaired) electrons. The third-order valence-electron chi connectivity index (χ3n) is 2.52. The van der Waals surface area contributed by atoms with Gasteiger partial charge in [-0.3, -0.25) is 0 Å². The van der Waals surface area contributed by atoms with Crippen LogP contribution in [0.5, 0.6) is 0 Å². The monoisotopic (exact) mass is 209 g/mol. The Morgan fingerprint density at radius 2 is 1.75 bits per heavy atom. The molecule has 0 aliphatic carbocycles. The van der Waals surface area contributed by atoms with Crippen LogP contribution in [0, 0.1) is 6.92 Å². The summed E-state index contributed by atoms with van der Waals surface area (Å²) >= 11 is 0. The SMILES string of the molecule is Cc1ccc2nn(-c3ccccc3)cc2n1. The van der Waals surface area contributed by atoms with Crippen LogP contribution in [0.15, 0.2) is 48.7 Å². The van der Waals surface area contributed by atoms with Crippen LogP contribution in [0.2, 0.25) is 0 Å². The third kappa shape index (κ3) is 1.46. The van der Waals surface area contributed by atoms with Gasteiger partial charge >= 0.3 is 0 Å². The zero-order valence-electron chi connectivity index (χ0n) is 8.96. The first kappa shape index (κ1) is 9.09. The number of hydrogen-bond acceptors (Lipinski definition) is 2. The second-order valence-corrected chi connectivity index (χ2v) is 3.77. The summed E-state index contributed by atoms with van der Waals surface area (Å²) in [6, 6.07) is 14.0. The van der Waals surface area contributed by atoms with Crippen molar-refractivity contribution in [2.75, 3.05) is 0 Å². The van der Waals surface area contributed by atoms with Crippen molar-refractivity contribution in [1.82, 2.24) is 14.8 Å². The van der Waals surface area contributed by atoms with E-state index in [0.29, 0.717) is 0 Å². The Kier molecular flexibility index (Phi) is 1.96. The van der Waals surface area contributed by atoms with Crippen LogP contribution in [0.3, 0.4) is 0 Å². The topological polar surface area (TPSA) is 30.7 Å². The molecule has 2 heterocycles. The maximum absolute atomic E-state index is 4.48. The first-order chi connectivity index (χ1) is 7.83. The molecule has 3 heteroatoms. The van der Waals surface area contributed by atoms with E-state index in [-0.39, 0.29) is 0 Å². The number of rotatable bonds is 1. The van der Waals surface area contributed by atoms with Gasteiger partial charge in [0.05, 0.1) is 11.9 Å². The Morgan fingerprint density at radius 3 is 2.56 bits per heavy atom. The summed E-state index contributed by atoms with van der Waals surface area (Å²) < 4.78 is 1.86. The highest BCUT2D eigenvalue weighted by Crippen LogP contribution is 2.13. The molecule has 0 saturated heterocycles. The van der Waals surface area contributed by atoms with Crippen LogP contribution in [0.4, 0.5) is 0 Å². The van der Waals surface area contributed by atoms with Crippen molar-refractivity contribution in [3.05, 3.63) is 54.4 Å². The Bertz CT molecular complexity index is 626. The molecule has 0 bridgehead atoms. The fourth-order valence-electron chi connectivity index (χ4n) is 1.72. The molecule has 0 unspecified atom stereocenters. The molecule has 0 amide bonds. The van der Waals surface area contributed by atoms with E-state index in [9.17, 15) is 0 Å². The molecule has 0 atom stereocenters. The van der Waals surface area contributed by atoms with Crippen molar-refractivity contribution in [2.24, 2.45) is 0 Å². The van der Waals surface area contributed by atoms with Crippen LogP contribution >= 0.6 is 0 Å². The molecule has 0 aliphatic rings. The number of nitrogens with zero attached hydrogens (tertiary/aromatic N) is 3. The first-order valence-corrected chi connectivity index (χ1v) is 5.21. The maximum atomic E-state index is 4.48. The summed E-state index contributed by atoms with van der Waals surface area (Å²) in [5.41, 5.74) is 3.93. The molecule has 3 rings (SSSR count). The minimum atomic E-state index is 0.925. The van der Waals surface area contributed by atoms with E-state index in [0.717, 1.165) is 22.4 Å². The van der Waals surface area contributed by atoms with E-state index in [1.54, 1.807) is 0 Å². The molecule has 78 valence electrons. The lowest BCUT2D eigenvalue weighted by atomic mass is 10.3. The van der Waals surface area contributed by atoms with Gasteiger partial charge in [-0.05, 0) is 31.2 Å². The number of fused-ring (bicyclic) bond motifs is 1. The smallest absolute Gasteiger partial charge is 0.111 e. The van der Waals surface area contributed by atoms with Crippen molar-refractivity contribution in [3.8, 4) is 5.69 Å². The highest BCUT2D eigenvalue weighted by Gasteiger charge is 2.02. The molecule has 0 saturated carbocycles. The minimum Gasteiger partial charge on any atom is -0.250 e. The Morgan fingerprint density at radius 1 is 0.938 bits per heavy atom. The normalized spacial score (nSPS) is 10.8. The van der Waals surface area contributed by atoms with Crippen molar-refractivity contribution < 1.29 is 0 Å². The molecule has 0 aliphatic heterocycles. The molecule has 3 aromatic rings. The van der Waals surface area contributed by atoms with Gasteiger partial charge in [0.2, 0.25) is 0 Å². The zero-order valence-corrected chi connectivity index (χ0v) is 8.96. The summed E-state index contributed by atoms with van der Waals surface area (Å²) in [7, 11) is 0. The zero-order chi connectivity index (χ0) is 11.0. The summed E-state index contributed by atoms with van der Waals surface area (Å²) in [6.07, 6.45) is 1.96. The predicted octanol–water partition coefficient (Wildman–Crippen LogP) is 2.73. The maximum Gasteiger partial charge on any atom is 0.111 e. The van der Waals surface area contributed by atoms with E-state index in [2.05, 4.69) is 10.1 Å². The second-order valence-electron chi connectivity index (χ2n) is 3.77. The van der Waals surface area contributed by atoms with Gasteiger partial charge in [-0.1, -0.05) is 18.2 Å². The van der Waals surface area contributed by atoms with Crippen molar-refractivity contribution in [2.45, 2.75) is 6.92 Å². The summed E-state index contributed by atoms with van der Waals surface area (Å²) in [6.45, 7) is 1.99. The number of aromatic nitrogens is 3. The quantitative estimate of drug-likeness (QED) is 0.617. The molecule has 0 N–H and O–H groups in total. The van der Waals surface area contributed by atoms with Crippen molar-refractivity contribution in [3.63, 3.8) is 0 Å². The number of aryl methyl sites for hydroxylation is 1. The Balaban J connectivity index is 2.19. The molecular formula is C13H11N3. The molecule has 3 nitrogen and oxygen atoms in total. The molecule has 16 heavy (non-hydrogen) atoms. The highest BCUT2D eigenvalue weighted by molar-refractivity contribution is 5.74. The molecule has 2 aromatic heterocycles. The van der Waals surface area contributed by atoms with Crippen molar-refractivity contribution in [1.29, 1.82) is 0 Å². The number of benzene rings is 1. The number of pyridine rings is 1. The van der Waals surface area contributed by atoms with Gasteiger partial charge < -0.3 is 0 Å². The van der Waals surface area contributed by atoms with Crippen LogP contribution in [0.25, 0.3) is 16.7 Å². The van der Waals surface area contributed by atoms with Crippen LogP contribution < -0.4 is 0 Å². The van der Waals surface area contributed by atoms with Gasteiger partial charge in [-0.15, -0.1) is 0 Å². The average molecular weight is 209 g/mol. The van der Waals surface area contributed by atoms with E-state index in [1.807, 2.05) is 60.3 Å². The van der Waals surface area contributed by atoms with Gasteiger partial charge in [0, 0.05) is 5.69 Å². The van der Waals surface area contributed by atoms with Crippen LogP contribution in [-0.4, -0.2) is 14.8 Å². The lowest BCUT2D eigenvalue weighted by molar-refractivity contribution is 0.896. The molecule has 1 aromatic carbocycles. The van der Waals surface area contributed by atoms with E-state index in [4.69, 9.17) is 0 Å². The number of para-hydroxylation sites is 1. The summed E-state index contributed by atoms with van der Waals surface area (Å²) in [5.74, 6) is 0. The fourth-order valence-corrected chi connectivity index (χ4v) is 1.72. The van der Waals surface area contributed by atoms with Gasteiger partial charge in [-0.25, -0.2) is 9.67 Å². The third-order valence-corrected chi connectivity index (χ3v) is 2.52. The lowest BCUT2D eigenvalue weighted by Crippen LogP contribution is -1.92. The minimum absolute atomic E-state index is 0.925. The van der Waals surface area contributed by atoms with Gasteiger partial charge in [0.15, 0.2) is 0 Å². The average Bonchev–Trinajstić information content (AvgIpc) is 2.73. The standard InChI is InChI=1S/C13H11N3/c1-10-7-8-12-13(14-10)9-16(15-12)11-5-3-2-4-6-11/h2-9H,1H3. The van der Waals surface area contributed by atoms with Crippen LogP contribution in [-0.2, 0) is 0 Å². The van der Waals surface area contributed by atoms with E-state index >= 15 is 0 Å². The molecular weight excluding hydrogens is 198 g/mol. The van der Waals surface area contributed by atoms with E-state index < -0.39 is 0 Å². The molecule has 0 fully saturated rings. The first-order valence-electron chi connectivity index (χ1n) is 5.21. The highest BCUT2D eigenvalue weighted by atomic mass is 15.3.